The monoisotopic (exact) mass is 265 g/mol. The van der Waals surface area contributed by atoms with Gasteiger partial charge in [0.1, 0.15) is 0 Å². The third-order valence-corrected chi connectivity index (χ3v) is 2.75. The van der Waals surface area contributed by atoms with Crippen molar-refractivity contribution in [1.82, 2.24) is 15.2 Å². The average Bonchev–Trinajstić information content (AvgIpc) is 2.37. The van der Waals surface area contributed by atoms with Gasteiger partial charge in [0.05, 0.1) is 12.2 Å². The van der Waals surface area contributed by atoms with E-state index in [1.54, 1.807) is 6.20 Å². The largest absolute Gasteiger partial charge is 0.370 e. The van der Waals surface area contributed by atoms with E-state index in [-0.39, 0.29) is 5.96 Å². The summed E-state index contributed by atoms with van der Waals surface area (Å²) in [4.78, 5) is 5.73. The summed E-state index contributed by atoms with van der Waals surface area (Å²) < 4.78 is 0. The zero-order valence-corrected chi connectivity index (χ0v) is 11.3. The van der Waals surface area contributed by atoms with E-state index in [9.17, 15) is 0 Å². The maximum atomic E-state index is 7.56. The Labute approximate surface area is 113 Å². The minimum Gasteiger partial charge on any atom is -0.370 e. The van der Waals surface area contributed by atoms with Crippen LogP contribution in [0.5, 0.6) is 0 Å². The lowest BCUT2D eigenvalue weighted by molar-refractivity contribution is 0.562. The molecule has 0 unspecified atom stereocenters. The Bertz CT molecular complexity index is 393. The minimum atomic E-state index is -0.0744. The lowest BCUT2D eigenvalue weighted by Crippen LogP contribution is -2.46. The molecule has 0 fully saturated rings. The maximum Gasteiger partial charge on any atom is 0.195 e. The topological polar surface area (TPSA) is 78.0 Å². The summed E-state index contributed by atoms with van der Waals surface area (Å²) in [6.45, 7) is 3.32. The Balaban J connectivity index is 2.60. The van der Waals surface area contributed by atoms with Crippen molar-refractivity contribution in [3.8, 4) is 0 Å². The Morgan fingerprint density at radius 3 is 2.89 bits per heavy atom. The summed E-state index contributed by atoms with van der Waals surface area (Å²) >= 11 is 5.23. The van der Waals surface area contributed by atoms with Gasteiger partial charge >= 0.3 is 0 Å². The number of rotatable bonds is 5. The molecule has 0 spiro atoms. The van der Waals surface area contributed by atoms with E-state index in [0.717, 1.165) is 25.1 Å². The molecule has 6 heteroatoms. The predicted octanol–water partition coefficient (Wildman–Crippen LogP) is 1.45. The highest BCUT2D eigenvalue weighted by Crippen LogP contribution is 2.01. The normalized spacial score (nSPS) is 9.83. The van der Waals surface area contributed by atoms with E-state index < -0.39 is 0 Å². The molecule has 0 radical (unpaired) electrons. The maximum absolute atomic E-state index is 7.56. The molecule has 0 saturated heterocycles. The van der Waals surface area contributed by atoms with Gasteiger partial charge in [-0.25, -0.2) is 0 Å². The van der Waals surface area contributed by atoms with E-state index in [2.05, 4.69) is 17.2 Å². The van der Waals surface area contributed by atoms with Crippen molar-refractivity contribution in [2.45, 2.75) is 26.3 Å². The Morgan fingerprint density at radius 2 is 2.33 bits per heavy atom. The molecule has 18 heavy (non-hydrogen) atoms. The van der Waals surface area contributed by atoms with Crippen LogP contribution in [0.4, 0.5) is 0 Å². The Hall–Kier alpha value is -1.69. The Morgan fingerprint density at radius 1 is 1.56 bits per heavy atom. The number of nitrogens with one attached hydrogen (secondary N) is 2. The number of guanidine groups is 1. The number of pyridine rings is 1. The smallest absolute Gasteiger partial charge is 0.195 e. The van der Waals surface area contributed by atoms with Crippen molar-refractivity contribution in [2.75, 3.05) is 6.54 Å². The van der Waals surface area contributed by atoms with Crippen LogP contribution in [0.25, 0.3) is 0 Å². The van der Waals surface area contributed by atoms with Crippen LogP contribution in [0, 0.1) is 5.41 Å². The molecule has 1 aromatic heterocycles. The molecule has 98 valence electrons. The fraction of sp³-hybridized carbons (Fsp3) is 0.417. The van der Waals surface area contributed by atoms with Crippen LogP contribution in [0.3, 0.4) is 0 Å². The van der Waals surface area contributed by atoms with Crippen LogP contribution in [0.15, 0.2) is 24.4 Å². The van der Waals surface area contributed by atoms with E-state index in [0.29, 0.717) is 11.7 Å². The van der Waals surface area contributed by atoms with E-state index in [1.807, 2.05) is 18.2 Å². The van der Waals surface area contributed by atoms with Crippen molar-refractivity contribution in [3.05, 3.63) is 30.1 Å². The minimum absolute atomic E-state index is 0.0744. The summed E-state index contributed by atoms with van der Waals surface area (Å²) in [7, 11) is 0. The van der Waals surface area contributed by atoms with Crippen LogP contribution < -0.4 is 11.1 Å². The van der Waals surface area contributed by atoms with Crippen LogP contribution in [0.1, 0.15) is 25.5 Å². The van der Waals surface area contributed by atoms with Crippen molar-refractivity contribution >= 4 is 23.3 Å². The molecule has 0 aliphatic rings. The molecule has 1 heterocycles. The molecule has 0 aliphatic carbocycles. The molecular formula is C12H19N5S. The molecule has 0 amide bonds. The second-order valence-electron chi connectivity index (χ2n) is 3.88. The van der Waals surface area contributed by atoms with Gasteiger partial charge in [0.25, 0.3) is 0 Å². The number of nitrogens with two attached hydrogens (primary N) is 1. The van der Waals surface area contributed by atoms with Crippen LogP contribution in [-0.2, 0) is 6.54 Å². The van der Waals surface area contributed by atoms with Gasteiger partial charge in [0, 0.05) is 12.7 Å². The molecule has 1 aromatic rings. The highest BCUT2D eigenvalue weighted by Gasteiger charge is 2.13. The first-order chi connectivity index (χ1) is 8.65. The lowest BCUT2D eigenvalue weighted by atomic mass is 10.3. The predicted molar refractivity (Wildman–Crippen MR) is 77.2 cm³/mol. The van der Waals surface area contributed by atoms with Gasteiger partial charge in [-0.3, -0.25) is 15.3 Å². The van der Waals surface area contributed by atoms with Gasteiger partial charge in [-0.15, -0.1) is 0 Å². The standard InChI is InChI=1S/C12H19N5S/c1-2-3-7-16-12(18)17(11(13)14)9-10-6-4-5-8-15-10/h4-6,8H,2-3,7,9H2,1H3,(H3,13,14)(H,16,18). The fourth-order valence-electron chi connectivity index (χ4n) is 1.39. The number of hydrogen-bond donors (Lipinski definition) is 3. The van der Waals surface area contributed by atoms with Crippen molar-refractivity contribution in [1.29, 1.82) is 5.41 Å². The van der Waals surface area contributed by atoms with Crippen molar-refractivity contribution in [2.24, 2.45) is 5.73 Å². The van der Waals surface area contributed by atoms with Crippen LogP contribution in [0.2, 0.25) is 0 Å². The number of unbranched alkanes of at least 4 members (excludes halogenated alkanes) is 1. The second-order valence-corrected chi connectivity index (χ2v) is 4.26. The number of nitrogens with zero attached hydrogens (tertiary/aromatic N) is 2. The van der Waals surface area contributed by atoms with E-state index >= 15 is 0 Å². The van der Waals surface area contributed by atoms with Gasteiger partial charge in [-0.2, -0.15) is 0 Å². The van der Waals surface area contributed by atoms with Crippen molar-refractivity contribution < 1.29 is 0 Å². The first-order valence-electron chi connectivity index (χ1n) is 5.94. The second kappa shape index (κ2) is 7.60. The highest BCUT2D eigenvalue weighted by molar-refractivity contribution is 7.80. The molecule has 0 aromatic carbocycles. The SMILES string of the molecule is CCCCNC(=S)N(Cc1ccccn1)C(=N)N. The van der Waals surface area contributed by atoms with Gasteiger partial charge in [0.15, 0.2) is 11.1 Å². The summed E-state index contributed by atoms with van der Waals surface area (Å²) in [6, 6.07) is 5.62. The van der Waals surface area contributed by atoms with Crippen molar-refractivity contribution in [3.63, 3.8) is 0 Å². The van der Waals surface area contributed by atoms with Gasteiger partial charge < -0.3 is 11.1 Å². The molecule has 0 aliphatic heterocycles. The van der Waals surface area contributed by atoms with Gasteiger partial charge in [-0.1, -0.05) is 19.4 Å². The third kappa shape index (κ3) is 4.67. The third-order valence-electron chi connectivity index (χ3n) is 2.39. The van der Waals surface area contributed by atoms with Crippen LogP contribution in [-0.4, -0.2) is 27.5 Å². The summed E-state index contributed by atoms with van der Waals surface area (Å²) in [5.74, 6) is -0.0744. The zero-order valence-electron chi connectivity index (χ0n) is 10.5. The first kappa shape index (κ1) is 14.4. The fourth-order valence-corrected chi connectivity index (χ4v) is 1.65. The zero-order chi connectivity index (χ0) is 13.4. The summed E-state index contributed by atoms with van der Waals surface area (Å²) in [6.07, 6.45) is 3.84. The quantitative estimate of drug-likeness (QED) is 0.325. The average molecular weight is 265 g/mol. The summed E-state index contributed by atoms with van der Waals surface area (Å²) in [5.41, 5.74) is 6.37. The van der Waals surface area contributed by atoms with E-state index in [1.165, 1.54) is 4.90 Å². The molecule has 0 bridgehead atoms. The molecule has 1 rings (SSSR count). The summed E-state index contributed by atoms with van der Waals surface area (Å²) in [5, 5.41) is 11.1. The van der Waals surface area contributed by atoms with Crippen LogP contribution >= 0.6 is 12.2 Å². The molecule has 0 saturated carbocycles. The van der Waals surface area contributed by atoms with Gasteiger partial charge in [-0.05, 0) is 30.8 Å². The number of hydrogen-bond acceptors (Lipinski definition) is 3. The lowest BCUT2D eigenvalue weighted by Gasteiger charge is -2.23. The number of aromatic nitrogens is 1. The molecular weight excluding hydrogens is 246 g/mol. The van der Waals surface area contributed by atoms with Gasteiger partial charge in [0.2, 0.25) is 0 Å². The highest BCUT2D eigenvalue weighted by atomic mass is 32.1. The molecule has 0 atom stereocenters. The number of thiocarbonyl (C=S) groups is 1. The molecule has 4 N–H and O–H groups in total. The molecule has 5 nitrogen and oxygen atoms in total. The first-order valence-corrected chi connectivity index (χ1v) is 6.35. The van der Waals surface area contributed by atoms with E-state index in [4.69, 9.17) is 23.4 Å². The Kier molecular flexibility index (Phi) is 6.07.